The quantitative estimate of drug-likeness (QED) is 0.0199. The Hall–Kier alpha value is -3.03. The zero-order chi connectivity index (χ0) is 84.5. The molecule has 3 saturated heterocycles. The first-order valence-corrected chi connectivity index (χ1v) is 48.3. The predicted octanol–water partition coefficient (Wildman–Crippen LogP) is 19.6. The summed E-state index contributed by atoms with van der Waals surface area (Å²) in [6.45, 7) is 1.66. The summed E-state index contributed by atoms with van der Waals surface area (Å²) in [5.74, 6) is -0.283. The van der Waals surface area contributed by atoms with Gasteiger partial charge in [0.15, 0.2) is 18.9 Å². The third-order valence-electron chi connectivity index (χ3n) is 23.7. The Morgan fingerprint density at radius 2 is 0.598 bits per heavy atom. The minimum atomic E-state index is -1.99. The van der Waals surface area contributed by atoms with Gasteiger partial charge in [-0.1, -0.05) is 394 Å². The van der Waals surface area contributed by atoms with Gasteiger partial charge >= 0.3 is 0 Å². The van der Waals surface area contributed by atoms with E-state index in [0.717, 1.165) is 70.6 Å². The largest absolute Gasteiger partial charge is 0.394 e. The minimum absolute atomic E-state index is 0.233. The van der Waals surface area contributed by atoms with Crippen LogP contribution in [-0.4, -0.2) is 193 Å². The van der Waals surface area contributed by atoms with Gasteiger partial charge in [0.25, 0.3) is 0 Å². The lowest BCUT2D eigenvalue weighted by Gasteiger charge is -2.48. The summed E-state index contributed by atoms with van der Waals surface area (Å²) in [6.07, 6.45) is 79.1. The number of rotatable bonds is 79. The topological polar surface area (TPSA) is 307 Å². The van der Waals surface area contributed by atoms with Crippen LogP contribution in [0.2, 0.25) is 0 Å². The predicted molar refractivity (Wildman–Crippen MR) is 475 cm³/mol. The van der Waals surface area contributed by atoms with Gasteiger partial charge in [0.1, 0.15) is 73.2 Å². The van der Waals surface area contributed by atoms with E-state index in [2.05, 4.69) is 92.1 Å². The van der Waals surface area contributed by atoms with Gasteiger partial charge in [-0.25, -0.2) is 0 Å². The van der Waals surface area contributed by atoms with E-state index in [9.17, 15) is 61.0 Å². The SMILES string of the molecule is CC/C=C\C/C=C\C/C=C\C/C=C\CCCCCCCCCCCCCCCCCCCCCCCCCCCCC(=O)NC(COC1OC(CO)C(OC2OC(CO)C(OC3OC(CO)C(O)C(O)C3O)C(O)C2O)C(O)C1O)C(O)/C=C/CC/C=C/CC/C=C/CCCCCCCCCCCCCCCCCCCCCCCCC. The Balaban J connectivity index is 1.31. The van der Waals surface area contributed by atoms with Crippen LogP contribution in [0.5, 0.6) is 0 Å². The lowest BCUT2D eigenvalue weighted by molar-refractivity contribution is -0.379. The van der Waals surface area contributed by atoms with Crippen molar-refractivity contribution in [3.63, 3.8) is 0 Å². The fourth-order valence-corrected chi connectivity index (χ4v) is 16.0. The van der Waals surface area contributed by atoms with Gasteiger partial charge in [-0.15, -0.1) is 0 Å². The van der Waals surface area contributed by atoms with Crippen LogP contribution in [0.3, 0.4) is 0 Å². The Bertz CT molecular complexity index is 2440. The first kappa shape index (κ1) is 108. The number of hydrogen-bond acceptors (Lipinski definition) is 18. The molecule has 3 heterocycles. The van der Waals surface area contributed by atoms with Crippen molar-refractivity contribution >= 4 is 5.91 Å². The second-order valence-corrected chi connectivity index (χ2v) is 34.1. The van der Waals surface area contributed by atoms with Crippen molar-refractivity contribution in [1.82, 2.24) is 5.32 Å². The van der Waals surface area contributed by atoms with Crippen LogP contribution in [0.15, 0.2) is 85.1 Å². The van der Waals surface area contributed by atoms with Crippen molar-refractivity contribution < 1.29 is 89.4 Å². The maximum absolute atomic E-state index is 13.5. The monoisotopic (exact) mass is 1660 g/mol. The summed E-state index contributed by atoms with van der Waals surface area (Å²) >= 11 is 0. The standard InChI is InChI=1S/C98H177NO18/c1-3-5-7-9-11-13-15-17-19-21-23-25-27-29-31-33-35-37-38-39-40-41-42-44-46-48-50-52-54-56-58-60-62-64-66-68-70-72-74-76-86(104)99-81(82(103)75-73-71-69-67-65-63-61-59-57-55-53-51-49-47-45-43-36-34-32-30-28-26-24-22-20-18-16-14-12-10-8-6-4-2)80-112-96-92(110)89(107)94(84(78-101)114-96)117-98-93(111)90(108)95(85(79-102)115-98)116-97-91(109)88(106)87(105)83(77-100)113-97/h5,7,11,13,17,19,23,25,57,59,65,67,73,75,81-85,87-98,100-103,105-111H,3-4,6,8-10,12,14-16,18,20-22,24,26-56,58,60-64,66,68-72,74,76-80H2,1-2H3,(H,99,104)/b7-5-,13-11-,19-17-,25-23-,59-57+,67-65+,75-73+. The molecule has 3 fully saturated rings. The first-order chi connectivity index (χ1) is 57.3. The van der Waals surface area contributed by atoms with Crippen LogP contribution in [0, 0.1) is 0 Å². The molecule has 117 heavy (non-hydrogen) atoms. The van der Waals surface area contributed by atoms with Gasteiger partial charge in [0.2, 0.25) is 5.91 Å². The lowest BCUT2D eigenvalue weighted by atomic mass is 9.96. The molecule has 3 rings (SSSR count). The lowest BCUT2D eigenvalue weighted by Crippen LogP contribution is -2.66. The van der Waals surface area contributed by atoms with E-state index in [1.165, 1.54) is 295 Å². The van der Waals surface area contributed by atoms with E-state index in [1.807, 2.05) is 6.08 Å². The molecule has 0 aromatic heterocycles. The third kappa shape index (κ3) is 54.4. The molecule has 0 spiro atoms. The molecule has 0 bridgehead atoms. The van der Waals surface area contributed by atoms with E-state index in [1.54, 1.807) is 6.08 Å². The Morgan fingerprint density at radius 1 is 0.316 bits per heavy atom. The summed E-state index contributed by atoms with van der Waals surface area (Å²) in [4.78, 5) is 13.5. The molecule has 1 amide bonds. The van der Waals surface area contributed by atoms with Crippen LogP contribution < -0.4 is 5.32 Å². The van der Waals surface area contributed by atoms with Crippen LogP contribution >= 0.6 is 0 Å². The Kier molecular flexibility index (Phi) is 70.8. The Morgan fingerprint density at radius 3 is 0.957 bits per heavy atom. The average molecular weight is 1660 g/mol. The molecule has 17 atom stereocenters. The molecule has 0 aromatic rings. The summed E-state index contributed by atoms with van der Waals surface area (Å²) in [7, 11) is 0. The first-order valence-electron chi connectivity index (χ1n) is 48.3. The Labute approximate surface area is 711 Å². The van der Waals surface area contributed by atoms with Gasteiger partial charge in [0, 0.05) is 6.42 Å². The van der Waals surface area contributed by atoms with E-state index >= 15 is 0 Å². The molecular weight excluding hydrogens is 1480 g/mol. The number of carbonyl (C=O) groups is 1. The average Bonchev–Trinajstić information content (AvgIpc) is 0.777. The molecule has 682 valence electrons. The van der Waals surface area contributed by atoms with Crippen molar-refractivity contribution in [3.05, 3.63) is 85.1 Å². The van der Waals surface area contributed by atoms with Crippen LogP contribution in [-0.2, 0) is 33.2 Å². The second-order valence-electron chi connectivity index (χ2n) is 34.1. The van der Waals surface area contributed by atoms with E-state index in [-0.39, 0.29) is 18.9 Å². The molecule has 19 nitrogen and oxygen atoms in total. The number of hydrogen-bond donors (Lipinski definition) is 12. The van der Waals surface area contributed by atoms with Crippen molar-refractivity contribution in [2.75, 3.05) is 26.4 Å². The molecule has 3 aliphatic rings. The number of carbonyl (C=O) groups excluding carboxylic acids is 1. The molecule has 0 saturated carbocycles. The fourth-order valence-electron chi connectivity index (χ4n) is 16.0. The van der Waals surface area contributed by atoms with Gasteiger partial charge in [-0.2, -0.15) is 0 Å². The minimum Gasteiger partial charge on any atom is -0.394 e. The highest BCUT2D eigenvalue weighted by atomic mass is 16.8. The fraction of sp³-hybridized carbons (Fsp3) is 0.847. The number of ether oxygens (including phenoxy) is 6. The van der Waals surface area contributed by atoms with Crippen LogP contribution in [0.25, 0.3) is 0 Å². The van der Waals surface area contributed by atoms with E-state index in [0.29, 0.717) is 12.8 Å². The second kappa shape index (κ2) is 76.6. The number of allylic oxidation sites excluding steroid dienone is 13. The molecule has 0 aliphatic carbocycles. The number of unbranched alkanes of at least 4 members (excludes halogenated alkanes) is 51. The van der Waals surface area contributed by atoms with Crippen LogP contribution in [0.1, 0.15) is 399 Å². The van der Waals surface area contributed by atoms with Gasteiger partial charge in [-0.05, 0) is 83.5 Å². The highest BCUT2D eigenvalue weighted by Gasteiger charge is 2.54. The summed E-state index contributed by atoms with van der Waals surface area (Å²) in [6, 6.07) is -1.00. The maximum atomic E-state index is 13.5. The highest BCUT2D eigenvalue weighted by molar-refractivity contribution is 5.76. The van der Waals surface area contributed by atoms with Crippen molar-refractivity contribution in [2.24, 2.45) is 0 Å². The van der Waals surface area contributed by atoms with Gasteiger partial charge in [0.05, 0.1) is 38.6 Å². The molecule has 19 heteroatoms. The summed E-state index contributed by atoms with van der Waals surface area (Å²) in [5, 5.41) is 121. The summed E-state index contributed by atoms with van der Waals surface area (Å²) in [5.41, 5.74) is 0. The molecule has 17 unspecified atom stereocenters. The number of aliphatic hydroxyl groups excluding tert-OH is 11. The van der Waals surface area contributed by atoms with Crippen molar-refractivity contribution in [3.8, 4) is 0 Å². The number of nitrogens with one attached hydrogen (secondary N) is 1. The highest BCUT2D eigenvalue weighted by Crippen LogP contribution is 2.34. The third-order valence-corrected chi connectivity index (χ3v) is 23.7. The molecule has 3 aliphatic heterocycles. The summed E-state index contributed by atoms with van der Waals surface area (Å²) < 4.78 is 34.5. The normalized spacial score (nSPS) is 24.7. The van der Waals surface area contributed by atoms with E-state index in [4.69, 9.17) is 28.4 Å². The van der Waals surface area contributed by atoms with Crippen molar-refractivity contribution in [1.29, 1.82) is 0 Å². The van der Waals surface area contributed by atoms with E-state index < -0.39 is 124 Å². The zero-order valence-corrected chi connectivity index (χ0v) is 73.9. The molecular formula is C98H177NO18. The zero-order valence-electron chi connectivity index (χ0n) is 73.9. The molecule has 0 aromatic carbocycles. The van der Waals surface area contributed by atoms with Crippen molar-refractivity contribution in [2.45, 2.75) is 503 Å². The molecule has 0 radical (unpaired) electrons. The number of aliphatic hydroxyl groups is 11. The number of amides is 1. The van der Waals surface area contributed by atoms with Gasteiger partial charge < -0.3 is 89.9 Å². The van der Waals surface area contributed by atoms with Gasteiger partial charge in [-0.3, -0.25) is 4.79 Å². The smallest absolute Gasteiger partial charge is 0.220 e. The van der Waals surface area contributed by atoms with Crippen LogP contribution in [0.4, 0.5) is 0 Å². The molecule has 12 N–H and O–H groups in total. The maximum Gasteiger partial charge on any atom is 0.220 e.